The van der Waals surface area contributed by atoms with E-state index in [0.29, 0.717) is 5.56 Å². The molecule has 5 heteroatoms. The van der Waals surface area contributed by atoms with E-state index in [9.17, 15) is 4.79 Å². The van der Waals surface area contributed by atoms with Crippen molar-refractivity contribution in [2.24, 2.45) is 5.73 Å². The molecule has 0 spiro atoms. The van der Waals surface area contributed by atoms with Gasteiger partial charge in [0.05, 0.1) is 5.41 Å². The van der Waals surface area contributed by atoms with Gasteiger partial charge in [-0.05, 0) is 44.4 Å². The smallest absolute Gasteiger partial charge is 0.248 e. The highest BCUT2D eigenvalue weighted by Gasteiger charge is 2.50. The van der Waals surface area contributed by atoms with Gasteiger partial charge in [-0.1, -0.05) is 42.5 Å². The van der Waals surface area contributed by atoms with Crippen molar-refractivity contribution in [2.45, 2.75) is 38.1 Å². The summed E-state index contributed by atoms with van der Waals surface area (Å²) in [5.41, 5.74) is 8.00. The summed E-state index contributed by atoms with van der Waals surface area (Å²) >= 11 is 0. The zero-order valence-electron chi connectivity index (χ0n) is 15.0. The van der Waals surface area contributed by atoms with Gasteiger partial charge in [0.15, 0.2) is 5.82 Å². The zero-order valence-corrected chi connectivity index (χ0v) is 15.0. The van der Waals surface area contributed by atoms with E-state index in [1.165, 1.54) is 5.56 Å². The van der Waals surface area contributed by atoms with Crippen molar-refractivity contribution >= 4 is 5.91 Å². The van der Waals surface area contributed by atoms with Crippen LogP contribution in [0.25, 0.3) is 11.4 Å². The van der Waals surface area contributed by atoms with E-state index in [1.807, 2.05) is 18.2 Å². The molecule has 0 aliphatic heterocycles. The molecule has 1 fully saturated rings. The number of hydrogen-bond donors (Lipinski definition) is 1. The number of nitrogens with zero attached hydrogens (tertiary/aromatic N) is 3. The Morgan fingerprint density at radius 3 is 2.42 bits per heavy atom. The Morgan fingerprint density at radius 2 is 1.81 bits per heavy atom. The molecule has 2 N–H and O–H groups in total. The molecule has 26 heavy (non-hydrogen) atoms. The van der Waals surface area contributed by atoms with E-state index in [-0.39, 0.29) is 11.5 Å². The lowest BCUT2D eigenvalue weighted by Crippen LogP contribution is -2.18. The molecule has 1 aromatic heterocycles. The van der Waals surface area contributed by atoms with Crippen LogP contribution in [0, 0.1) is 0 Å². The van der Waals surface area contributed by atoms with Crippen molar-refractivity contribution in [1.29, 1.82) is 0 Å². The van der Waals surface area contributed by atoms with Gasteiger partial charge in [-0.3, -0.25) is 4.79 Å². The van der Waals surface area contributed by atoms with Crippen molar-refractivity contribution < 1.29 is 4.79 Å². The molecule has 5 nitrogen and oxygen atoms in total. The van der Waals surface area contributed by atoms with Crippen molar-refractivity contribution in [1.82, 2.24) is 14.8 Å². The molecule has 1 saturated carbocycles. The molecule has 1 heterocycles. The fraction of sp³-hybridized carbons (Fsp3) is 0.286. The third kappa shape index (κ3) is 2.60. The topological polar surface area (TPSA) is 73.8 Å². The zero-order chi connectivity index (χ0) is 18.3. The van der Waals surface area contributed by atoms with E-state index in [1.54, 1.807) is 12.1 Å². The van der Waals surface area contributed by atoms with E-state index < -0.39 is 5.91 Å². The molecule has 1 aliphatic carbocycles. The molecule has 3 aromatic rings. The summed E-state index contributed by atoms with van der Waals surface area (Å²) in [6.07, 6.45) is 2.15. The maximum atomic E-state index is 11.5. The monoisotopic (exact) mass is 346 g/mol. The Morgan fingerprint density at radius 1 is 1.08 bits per heavy atom. The predicted octanol–water partition coefficient (Wildman–Crippen LogP) is 3.70. The van der Waals surface area contributed by atoms with Crippen molar-refractivity contribution in [3.63, 3.8) is 0 Å². The molecular weight excluding hydrogens is 324 g/mol. The number of aromatic nitrogens is 3. The Bertz CT molecular complexity index is 955. The largest absolute Gasteiger partial charge is 0.366 e. The summed E-state index contributed by atoms with van der Waals surface area (Å²) in [4.78, 5) is 11.5. The van der Waals surface area contributed by atoms with E-state index >= 15 is 0 Å². The first-order chi connectivity index (χ1) is 12.5. The van der Waals surface area contributed by atoms with Gasteiger partial charge in [0, 0.05) is 17.2 Å². The summed E-state index contributed by atoms with van der Waals surface area (Å²) in [7, 11) is 0. The summed E-state index contributed by atoms with van der Waals surface area (Å²) in [5.74, 6) is 1.34. The molecule has 2 aromatic carbocycles. The summed E-state index contributed by atoms with van der Waals surface area (Å²) in [5, 5.41) is 9.10. The minimum atomic E-state index is -0.439. The van der Waals surface area contributed by atoms with Gasteiger partial charge in [-0.25, -0.2) is 0 Å². The number of hydrogen-bond acceptors (Lipinski definition) is 3. The maximum Gasteiger partial charge on any atom is 0.248 e. The lowest BCUT2D eigenvalue weighted by molar-refractivity contribution is 0.100. The van der Waals surface area contributed by atoms with Gasteiger partial charge < -0.3 is 10.3 Å². The van der Waals surface area contributed by atoms with Crippen LogP contribution in [-0.2, 0) is 5.41 Å². The molecule has 0 atom stereocenters. The van der Waals surface area contributed by atoms with Crippen LogP contribution in [0.15, 0.2) is 54.6 Å². The van der Waals surface area contributed by atoms with Crippen LogP contribution >= 0.6 is 0 Å². The Hall–Kier alpha value is -2.95. The van der Waals surface area contributed by atoms with Crippen molar-refractivity contribution in [3.8, 4) is 11.4 Å². The second-order valence-corrected chi connectivity index (χ2v) is 7.20. The molecule has 0 unspecified atom stereocenters. The Balaban J connectivity index is 1.85. The average Bonchev–Trinajstić information content (AvgIpc) is 3.33. The third-order valence-electron chi connectivity index (χ3n) is 5.12. The summed E-state index contributed by atoms with van der Waals surface area (Å²) in [6, 6.07) is 18.0. The second kappa shape index (κ2) is 6.09. The molecule has 0 bridgehead atoms. The molecule has 1 aliphatic rings. The van der Waals surface area contributed by atoms with Gasteiger partial charge in [-0.15, -0.1) is 10.2 Å². The lowest BCUT2D eigenvalue weighted by atomic mass is 9.94. The number of benzene rings is 2. The lowest BCUT2D eigenvalue weighted by Gasteiger charge is -2.20. The van der Waals surface area contributed by atoms with Gasteiger partial charge >= 0.3 is 0 Å². The molecule has 1 amide bonds. The van der Waals surface area contributed by atoms with E-state index in [4.69, 9.17) is 5.73 Å². The molecule has 0 radical (unpaired) electrons. The Kier molecular flexibility index (Phi) is 3.87. The summed E-state index contributed by atoms with van der Waals surface area (Å²) < 4.78 is 2.19. The highest BCUT2D eigenvalue weighted by molar-refractivity contribution is 5.93. The highest BCUT2D eigenvalue weighted by atomic mass is 16.1. The summed E-state index contributed by atoms with van der Waals surface area (Å²) in [6.45, 7) is 4.27. The first-order valence-electron chi connectivity index (χ1n) is 8.94. The van der Waals surface area contributed by atoms with E-state index in [0.717, 1.165) is 30.1 Å². The highest BCUT2D eigenvalue weighted by Crippen LogP contribution is 2.53. The maximum absolute atomic E-state index is 11.5. The second-order valence-electron chi connectivity index (χ2n) is 7.20. The van der Waals surface area contributed by atoms with Crippen LogP contribution in [0.1, 0.15) is 54.5 Å². The van der Waals surface area contributed by atoms with Crippen molar-refractivity contribution in [3.05, 3.63) is 71.5 Å². The molecule has 4 rings (SSSR count). The molecular formula is C21H22N4O. The third-order valence-corrected chi connectivity index (χ3v) is 5.12. The first kappa shape index (κ1) is 16.5. The quantitative estimate of drug-likeness (QED) is 0.765. The fourth-order valence-corrected chi connectivity index (χ4v) is 3.64. The number of amides is 1. The van der Waals surface area contributed by atoms with Crippen LogP contribution in [0.4, 0.5) is 0 Å². The number of carbonyl (C=O) groups is 1. The van der Waals surface area contributed by atoms with Crippen LogP contribution in [0.2, 0.25) is 0 Å². The number of primary amides is 1. The fourth-order valence-electron chi connectivity index (χ4n) is 3.64. The van der Waals surface area contributed by atoms with Crippen molar-refractivity contribution in [2.75, 3.05) is 0 Å². The number of rotatable bonds is 5. The van der Waals surface area contributed by atoms with Crippen LogP contribution in [0.3, 0.4) is 0 Å². The van der Waals surface area contributed by atoms with Crippen LogP contribution in [0.5, 0.6) is 0 Å². The standard InChI is InChI=1S/C21H22N4O/c1-14(2)25-19(16-8-6-7-15(13-16)18(22)26)23-24-20(25)21(11-12-21)17-9-4-3-5-10-17/h3-10,13-14H,11-12H2,1-2H3,(H2,22,26). The van der Waals surface area contributed by atoms with Gasteiger partial charge in [0.25, 0.3) is 0 Å². The van der Waals surface area contributed by atoms with Gasteiger partial charge in [-0.2, -0.15) is 0 Å². The number of carbonyl (C=O) groups excluding carboxylic acids is 1. The minimum Gasteiger partial charge on any atom is -0.366 e. The predicted molar refractivity (Wildman–Crippen MR) is 101 cm³/mol. The van der Waals surface area contributed by atoms with E-state index in [2.05, 4.69) is 52.9 Å². The molecule has 0 saturated heterocycles. The average molecular weight is 346 g/mol. The van der Waals surface area contributed by atoms with Gasteiger partial charge in [0.2, 0.25) is 5.91 Å². The first-order valence-corrected chi connectivity index (χ1v) is 8.94. The minimum absolute atomic E-state index is 0.0575. The normalized spacial score (nSPS) is 15.2. The van der Waals surface area contributed by atoms with Gasteiger partial charge in [0.1, 0.15) is 5.82 Å². The van der Waals surface area contributed by atoms with Crippen LogP contribution in [-0.4, -0.2) is 20.7 Å². The number of nitrogens with two attached hydrogens (primary N) is 1. The SMILES string of the molecule is CC(C)n1c(-c2cccc(C(N)=O)c2)nnc1C1(c2ccccc2)CC1. The Labute approximate surface area is 152 Å². The molecule has 132 valence electrons. The van der Waals surface area contributed by atoms with Crippen LogP contribution < -0.4 is 5.73 Å².